The lowest BCUT2D eigenvalue weighted by molar-refractivity contribution is 0.502. The number of benzene rings is 2. The highest BCUT2D eigenvalue weighted by Gasteiger charge is 2.19. The zero-order chi connectivity index (χ0) is 15.6. The maximum atomic E-state index is 13.9. The third-order valence-electron chi connectivity index (χ3n) is 3.07. The van der Waals surface area contributed by atoms with Crippen molar-refractivity contribution in [2.75, 3.05) is 0 Å². The van der Waals surface area contributed by atoms with E-state index < -0.39 is 17.7 Å². The molecule has 0 bridgehead atoms. The molecule has 1 unspecified atom stereocenters. The van der Waals surface area contributed by atoms with Crippen LogP contribution < -0.4 is 11.3 Å². The molecule has 2 nitrogen and oxygen atoms in total. The summed E-state index contributed by atoms with van der Waals surface area (Å²) in [6.07, 6.45) is 0.244. The van der Waals surface area contributed by atoms with Crippen molar-refractivity contribution in [1.82, 2.24) is 5.43 Å². The molecule has 0 saturated heterocycles. The Balaban J connectivity index is 2.37. The number of halogens is 5. The summed E-state index contributed by atoms with van der Waals surface area (Å²) in [5, 5.41) is 0.453. The first-order valence-corrected chi connectivity index (χ1v) is 7.11. The van der Waals surface area contributed by atoms with E-state index >= 15 is 0 Å². The predicted molar refractivity (Wildman–Crippen MR) is 81.6 cm³/mol. The number of hydrogen-bond acceptors (Lipinski definition) is 2. The van der Waals surface area contributed by atoms with Crippen LogP contribution in [-0.2, 0) is 6.42 Å². The molecule has 0 amide bonds. The summed E-state index contributed by atoms with van der Waals surface area (Å²) in [7, 11) is 0. The van der Waals surface area contributed by atoms with Crippen LogP contribution in [0.4, 0.5) is 8.78 Å². The van der Waals surface area contributed by atoms with E-state index in [2.05, 4.69) is 5.43 Å². The summed E-state index contributed by atoms with van der Waals surface area (Å²) in [6.45, 7) is 0. The Kier molecular flexibility index (Phi) is 5.41. The molecule has 2 aromatic rings. The normalized spacial score (nSPS) is 12.5. The van der Waals surface area contributed by atoms with E-state index in [4.69, 9.17) is 40.6 Å². The van der Waals surface area contributed by atoms with Crippen LogP contribution in [0.5, 0.6) is 0 Å². The van der Waals surface area contributed by atoms with E-state index in [0.29, 0.717) is 15.6 Å². The van der Waals surface area contributed by atoms with Gasteiger partial charge in [0.25, 0.3) is 0 Å². The summed E-state index contributed by atoms with van der Waals surface area (Å²) in [5.74, 6) is 4.08. The Hall–Kier alpha value is -0.910. The summed E-state index contributed by atoms with van der Waals surface area (Å²) >= 11 is 17.6. The van der Waals surface area contributed by atoms with Crippen molar-refractivity contribution in [3.63, 3.8) is 0 Å². The van der Waals surface area contributed by atoms with Crippen molar-refractivity contribution in [3.05, 3.63) is 68.2 Å². The maximum absolute atomic E-state index is 13.9. The van der Waals surface area contributed by atoms with Crippen molar-refractivity contribution in [3.8, 4) is 0 Å². The molecule has 2 rings (SSSR count). The van der Waals surface area contributed by atoms with Gasteiger partial charge in [-0.1, -0.05) is 46.9 Å². The standard InChI is InChI=1S/C14H11Cl3F2N2/c15-9-3-1-2-7(14(9)17)4-13(21-20)8-5-12(19)10(16)6-11(8)18/h1-3,5-6,13,21H,4,20H2. The van der Waals surface area contributed by atoms with Gasteiger partial charge in [0, 0.05) is 5.56 Å². The number of rotatable bonds is 4. The van der Waals surface area contributed by atoms with Crippen molar-refractivity contribution < 1.29 is 8.78 Å². The molecule has 3 N–H and O–H groups in total. The average Bonchev–Trinajstić information content (AvgIpc) is 2.45. The molecule has 2 aromatic carbocycles. The van der Waals surface area contributed by atoms with Gasteiger partial charge < -0.3 is 0 Å². The molecule has 21 heavy (non-hydrogen) atoms. The van der Waals surface area contributed by atoms with E-state index in [9.17, 15) is 8.78 Å². The molecule has 1 atom stereocenters. The molecule has 0 heterocycles. The Morgan fingerprint density at radius 1 is 1.05 bits per heavy atom. The van der Waals surface area contributed by atoms with Gasteiger partial charge in [0.05, 0.1) is 21.1 Å². The Bertz CT molecular complexity index is 665. The maximum Gasteiger partial charge on any atom is 0.142 e. The first-order valence-electron chi connectivity index (χ1n) is 5.97. The minimum Gasteiger partial charge on any atom is -0.271 e. The van der Waals surface area contributed by atoms with Crippen molar-refractivity contribution >= 4 is 34.8 Å². The highest BCUT2D eigenvalue weighted by Crippen LogP contribution is 2.31. The summed E-state index contributed by atoms with van der Waals surface area (Å²) in [4.78, 5) is 0. The van der Waals surface area contributed by atoms with Crippen LogP contribution in [0.25, 0.3) is 0 Å². The molecule has 0 aromatic heterocycles. The fourth-order valence-electron chi connectivity index (χ4n) is 1.99. The number of nitrogens with two attached hydrogens (primary N) is 1. The topological polar surface area (TPSA) is 38.0 Å². The summed E-state index contributed by atoms with van der Waals surface area (Å²) in [5.41, 5.74) is 3.18. The molecule has 112 valence electrons. The molecule has 0 aliphatic heterocycles. The van der Waals surface area contributed by atoms with Crippen LogP contribution in [0, 0.1) is 11.6 Å². The lowest BCUT2D eigenvalue weighted by atomic mass is 9.98. The smallest absolute Gasteiger partial charge is 0.142 e. The first kappa shape index (κ1) is 16.5. The van der Waals surface area contributed by atoms with E-state index in [1.54, 1.807) is 18.2 Å². The zero-order valence-corrected chi connectivity index (χ0v) is 12.9. The molecule has 0 radical (unpaired) electrons. The van der Waals surface area contributed by atoms with E-state index in [-0.39, 0.29) is 17.0 Å². The largest absolute Gasteiger partial charge is 0.271 e. The van der Waals surface area contributed by atoms with Gasteiger partial charge in [0.15, 0.2) is 0 Å². The third-order valence-corrected chi connectivity index (χ3v) is 4.22. The van der Waals surface area contributed by atoms with E-state index in [0.717, 1.165) is 12.1 Å². The molecule has 7 heteroatoms. The van der Waals surface area contributed by atoms with Gasteiger partial charge in [-0.2, -0.15) is 0 Å². The van der Waals surface area contributed by atoms with Gasteiger partial charge in [-0.15, -0.1) is 0 Å². The monoisotopic (exact) mass is 350 g/mol. The predicted octanol–water partition coefficient (Wildman–Crippen LogP) is 4.67. The minimum absolute atomic E-state index is 0.0652. The van der Waals surface area contributed by atoms with Crippen molar-refractivity contribution in [2.45, 2.75) is 12.5 Å². The second-order valence-corrected chi connectivity index (χ2v) is 5.62. The van der Waals surface area contributed by atoms with Crippen molar-refractivity contribution in [1.29, 1.82) is 0 Å². The highest BCUT2D eigenvalue weighted by molar-refractivity contribution is 6.42. The summed E-state index contributed by atoms with van der Waals surface area (Å²) in [6, 6.07) is 6.35. The second kappa shape index (κ2) is 6.90. The second-order valence-electron chi connectivity index (χ2n) is 4.42. The van der Waals surface area contributed by atoms with Gasteiger partial charge in [-0.25, -0.2) is 8.78 Å². The Morgan fingerprint density at radius 2 is 1.76 bits per heavy atom. The molecule has 0 saturated carbocycles. The van der Waals surface area contributed by atoms with Gasteiger partial charge in [0.1, 0.15) is 11.6 Å². The van der Waals surface area contributed by atoms with Crippen LogP contribution in [0.2, 0.25) is 15.1 Å². The number of hydrazine groups is 1. The molecule has 0 fully saturated rings. The van der Waals surface area contributed by atoms with Crippen molar-refractivity contribution in [2.24, 2.45) is 5.84 Å². The van der Waals surface area contributed by atoms with Crippen LogP contribution in [0.15, 0.2) is 30.3 Å². The Morgan fingerprint density at radius 3 is 2.43 bits per heavy atom. The van der Waals surface area contributed by atoms with Gasteiger partial charge in [-0.05, 0) is 30.2 Å². The van der Waals surface area contributed by atoms with Gasteiger partial charge in [0.2, 0.25) is 0 Å². The lowest BCUT2D eigenvalue weighted by Gasteiger charge is -2.18. The van der Waals surface area contributed by atoms with Gasteiger partial charge in [-0.3, -0.25) is 11.3 Å². The molecule has 0 aliphatic rings. The van der Waals surface area contributed by atoms with Crippen LogP contribution >= 0.6 is 34.8 Å². The van der Waals surface area contributed by atoms with Crippen LogP contribution in [-0.4, -0.2) is 0 Å². The fourth-order valence-corrected chi connectivity index (χ4v) is 2.54. The SMILES string of the molecule is NNC(Cc1cccc(Cl)c1Cl)c1cc(F)c(Cl)cc1F. The zero-order valence-electron chi connectivity index (χ0n) is 10.6. The molecule has 0 spiro atoms. The average molecular weight is 352 g/mol. The highest BCUT2D eigenvalue weighted by atomic mass is 35.5. The van der Waals surface area contributed by atoms with Crippen LogP contribution in [0.3, 0.4) is 0 Å². The first-order chi connectivity index (χ1) is 9.93. The minimum atomic E-state index is -0.717. The van der Waals surface area contributed by atoms with E-state index in [1.165, 1.54) is 0 Å². The number of nitrogens with one attached hydrogen (secondary N) is 1. The third kappa shape index (κ3) is 3.65. The molecular formula is C14H11Cl3F2N2. The quantitative estimate of drug-likeness (QED) is 0.477. The number of hydrogen-bond donors (Lipinski definition) is 2. The van der Waals surface area contributed by atoms with Crippen LogP contribution in [0.1, 0.15) is 17.2 Å². The van der Waals surface area contributed by atoms with Gasteiger partial charge >= 0.3 is 0 Å². The summed E-state index contributed by atoms with van der Waals surface area (Å²) < 4.78 is 27.5. The lowest BCUT2D eigenvalue weighted by Crippen LogP contribution is -2.30. The fraction of sp³-hybridized carbons (Fsp3) is 0.143. The molecule has 0 aliphatic carbocycles. The Labute approximate surface area is 135 Å². The molecular weight excluding hydrogens is 341 g/mol. The van der Waals surface area contributed by atoms with E-state index in [1.807, 2.05) is 0 Å².